The fourth-order valence-electron chi connectivity index (χ4n) is 3.88. The molecule has 2 aliphatic rings. The van der Waals surface area contributed by atoms with Crippen molar-refractivity contribution in [2.24, 2.45) is 16.8 Å². The van der Waals surface area contributed by atoms with Gasteiger partial charge >= 0.3 is 0 Å². The second-order valence-electron chi connectivity index (χ2n) is 6.30. The Kier molecular flexibility index (Phi) is 4.11. The van der Waals surface area contributed by atoms with Gasteiger partial charge in [-0.2, -0.15) is 0 Å². The number of fused-ring (bicyclic) bond motifs is 1. The highest BCUT2D eigenvalue weighted by atomic mass is 15.3. The molecule has 0 spiro atoms. The van der Waals surface area contributed by atoms with Gasteiger partial charge in [0.15, 0.2) is 0 Å². The summed E-state index contributed by atoms with van der Waals surface area (Å²) in [5.41, 5.74) is 0. The van der Waals surface area contributed by atoms with E-state index in [2.05, 4.69) is 30.7 Å². The first-order valence-corrected chi connectivity index (χ1v) is 7.37. The third-order valence-electron chi connectivity index (χ3n) is 4.61. The number of nitrogens with zero attached hydrogens (tertiary/aromatic N) is 2. The zero-order valence-corrected chi connectivity index (χ0v) is 11.9. The summed E-state index contributed by atoms with van der Waals surface area (Å²) in [7, 11) is 1.97. The van der Waals surface area contributed by atoms with Crippen LogP contribution in [-0.4, -0.2) is 29.9 Å². The minimum absolute atomic E-state index is 0.610. The van der Waals surface area contributed by atoms with Crippen molar-refractivity contribution in [3.8, 4) is 0 Å². The zero-order valence-electron chi connectivity index (χ0n) is 11.9. The van der Waals surface area contributed by atoms with Crippen LogP contribution in [0, 0.1) is 11.8 Å². The fourth-order valence-corrected chi connectivity index (χ4v) is 3.88. The lowest BCUT2D eigenvalue weighted by Gasteiger charge is -2.35. The standard InChI is InChI=1S/C15H28N2/c1-11(2)17-14-8-6-5-7-12(3)9-13(14)10-15(17)16-4/h11-14H,5-10H2,1-4H3. The van der Waals surface area contributed by atoms with Gasteiger partial charge < -0.3 is 4.90 Å². The van der Waals surface area contributed by atoms with E-state index in [-0.39, 0.29) is 0 Å². The number of hydrogen-bond donors (Lipinski definition) is 0. The number of hydrogen-bond acceptors (Lipinski definition) is 1. The minimum atomic E-state index is 0.610. The van der Waals surface area contributed by atoms with E-state index in [4.69, 9.17) is 0 Å². The van der Waals surface area contributed by atoms with E-state index in [0.717, 1.165) is 17.9 Å². The molecule has 0 aromatic carbocycles. The van der Waals surface area contributed by atoms with E-state index in [1.54, 1.807) is 0 Å². The Labute approximate surface area is 106 Å². The molecular formula is C15H28N2. The molecule has 1 heterocycles. The van der Waals surface area contributed by atoms with Crippen molar-refractivity contribution in [2.45, 2.75) is 71.4 Å². The summed E-state index contributed by atoms with van der Waals surface area (Å²) in [6.45, 7) is 7.06. The van der Waals surface area contributed by atoms with Crippen molar-refractivity contribution in [3.05, 3.63) is 0 Å². The molecule has 98 valence electrons. The number of aliphatic imine (C=N–C) groups is 1. The summed E-state index contributed by atoms with van der Waals surface area (Å²) in [6.07, 6.45) is 8.29. The van der Waals surface area contributed by atoms with Gasteiger partial charge in [0, 0.05) is 25.6 Å². The normalized spacial score (nSPS) is 37.1. The molecule has 1 aliphatic heterocycles. The van der Waals surface area contributed by atoms with Crippen LogP contribution in [0.5, 0.6) is 0 Å². The summed E-state index contributed by atoms with van der Waals surface area (Å²) in [4.78, 5) is 7.16. The van der Waals surface area contributed by atoms with Gasteiger partial charge in [-0.25, -0.2) is 0 Å². The van der Waals surface area contributed by atoms with Gasteiger partial charge in [-0.05, 0) is 38.5 Å². The predicted octanol–water partition coefficient (Wildman–Crippen LogP) is 3.71. The molecular weight excluding hydrogens is 208 g/mol. The van der Waals surface area contributed by atoms with Crippen molar-refractivity contribution in [2.75, 3.05) is 7.05 Å². The summed E-state index contributed by atoms with van der Waals surface area (Å²) >= 11 is 0. The van der Waals surface area contributed by atoms with Crippen LogP contribution in [0.1, 0.15) is 59.3 Å². The predicted molar refractivity (Wildman–Crippen MR) is 74.5 cm³/mol. The number of amidine groups is 1. The van der Waals surface area contributed by atoms with E-state index >= 15 is 0 Å². The highest BCUT2D eigenvalue weighted by molar-refractivity contribution is 5.85. The molecule has 0 N–H and O–H groups in total. The molecule has 0 radical (unpaired) electrons. The number of rotatable bonds is 1. The molecule has 0 aromatic rings. The quantitative estimate of drug-likeness (QED) is 0.677. The highest BCUT2D eigenvalue weighted by Gasteiger charge is 2.39. The van der Waals surface area contributed by atoms with Crippen molar-refractivity contribution < 1.29 is 0 Å². The lowest BCUT2D eigenvalue weighted by molar-refractivity contribution is 0.185. The van der Waals surface area contributed by atoms with Crippen LogP contribution in [0.2, 0.25) is 0 Å². The maximum Gasteiger partial charge on any atom is 0.0993 e. The molecule has 0 bridgehead atoms. The van der Waals surface area contributed by atoms with Gasteiger partial charge in [-0.3, -0.25) is 4.99 Å². The largest absolute Gasteiger partial charge is 0.355 e. The molecule has 17 heavy (non-hydrogen) atoms. The molecule has 2 rings (SSSR count). The fraction of sp³-hybridized carbons (Fsp3) is 0.933. The number of likely N-dealkylation sites (tertiary alicyclic amines) is 1. The Hall–Kier alpha value is -0.530. The second-order valence-corrected chi connectivity index (χ2v) is 6.30. The molecule has 3 unspecified atom stereocenters. The molecule has 2 nitrogen and oxygen atoms in total. The lowest BCUT2D eigenvalue weighted by Crippen LogP contribution is -2.41. The molecule has 1 aliphatic carbocycles. The maximum absolute atomic E-state index is 4.54. The topological polar surface area (TPSA) is 15.6 Å². The molecule has 1 saturated heterocycles. The molecule has 1 saturated carbocycles. The van der Waals surface area contributed by atoms with Crippen LogP contribution in [-0.2, 0) is 0 Å². The zero-order chi connectivity index (χ0) is 12.4. The van der Waals surface area contributed by atoms with Crippen LogP contribution in [0.25, 0.3) is 0 Å². The first-order chi connectivity index (χ1) is 8.13. The lowest BCUT2D eigenvalue weighted by atomic mass is 9.82. The van der Waals surface area contributed by atoms with E-state index in [0.29, 0.717) is 6.04 Å². The SMILES string of the molecule is CN=C1CC2CC(C)CCCCC2N1C(C)C. The van der Waals surface area contributed by atoms with Gasteiger partial charge in [0.05, 0.1) is 5.84 Å². The molecule has 0 amide bonds. The van der Waals surface area contributed by atoms with E-state index < -0.39 is 0 Å². The van der Waals surface area contributed by atoms with Crippen LogP contribution < -0.4 is 0 Å². The van der Waals surface area contributed by atoms with Crippen LogP contribution in [0.3, 0.4) is 0 Å². The highest BCUT2D eigenvalue weighted by Crippen LogP contribution is 2.38. The second kappa shape index (κ2) is 5.41. The summed E-state index contributed by atoms with van der Waals surface area (Å²) < 4.78 is 0. The molecule has 3 atom stereocenters. The minimum Gasteiger partial charge on any atom is -0.355 e. The summed E-state index contributed by atoms with van der Waals surface area (Å²) in [5.74, 6) is 3.14. The Morgan fingerprint density at radius 2 is 1.94 bits per heavy atom. The molecule has 0 aromatic heterocycles. The monoisotopic (exact) mass is 236 g/mol. The Morgan fingerprint density at radius 3 is 2.59 bits per heavy atom. The van der Waals surface area contributed by atoms with Crippen LogP contribution in [0.15, 0.2) is 4.99 Å². The van der Waals surface area contributed by atoms with E-state index in [9.17, 15) is 0 Å². The van der Waals surface area contributed by atoms with Crippen LogP contribution in [0.4, 0.5) is 0 Å². The average molecular weight is 236 g/mol. The Balaban J connectivity index is 2.17. The van der Waals surface area contributed by atoms with Crippen molar-refractivity contribution in [3.63, 3.8) is 0 Å². The summed E-state index contributed by atoms with van der Waals surface area (Å²) in [6, 6.07) is 1.38. The van der Waals surface area contributed by atoms with Gasteiger partial charge in [0.1, 0.15) is 0 Å². The van der Waals surface area contributed by atoms with Gasteiger partial charge in [0.2, 0.25) is 0 Å². The van der Waals surface area contributed by atoms with Gasteiger partial charge in [-0.15, -0.1) is 0 Å². The van der Waals surface area contributed by atoms with E-state index in [1.165, 1.54) is 44.4 Å². The summed E-state index contributed by atoms with van der Waals surface area (Å²) in [5, 5.41) is 0. The van der Waals surface area contributed by atoms with Crippen LogP contribution >= 0.6 is 0 Å². The Bertz CT molecular complexity index is 283. The van der Waals surface area contributed by atoms with Crippen molar-refractivity contribution >= 4 is 5.84 Å². The van der Waals surface area contributed by atoms with Gasteiger partial charge in [0.25, 0.3) is 0 Å². The first-order valence-electron chi connectivity index (χ1n) is 7.37. The maximum atomic E-state index is 4.54. The first kappa shape index (κ1) is 12.9. The Morgan fingerprint density at radius 1 is 1.24 bits per heavy atom. The average Bonchev–Trinajstić information content (AvgIpc) is 2.59. The van der Waals surface area contributed by atoms with Crippen molar-refractivity contribution in [1.82, 2.24) is 4.90 Å². The van der Waals surface area contributed by atoms with Gasteiger partial charge in [-0.1, -0.05) is 26.2 Å². The van der Waals surface area contributed by atoms with E-state index in [1.807, 2.05) is 7.05 Å². The smallest absolute Gasteiger partial charge is 0.0993 e. The molecule has 2 fully saturated rings. The van der Waals surface area contributed by atoms with Crippen molar-refractivity contribution in [1.29, 1.82) is 0 Å². The third-order valence-corrected chi connectivity index (χ3v) is 4.61. The molecule has 2 heteroatoms. The third kappa shape index (κ3) is 2.66.